The molecule has 19 heavy (non-hydrogen) atoms. The number of alkyl halides is 2. The first-order valence-electron chi connectivity index (χ1n) is 5.29. The average Bonchev–Trinajstić information content (AvgIpc) is 2.33. The van der Waals surface area contributed by atoms with Crippen molar-refractivity contribution >= 4 is 25.9 Å². The van der Waals surface area contributed by atoms with Gasteiger partial charge in [0.15, 0.2) is 0 Å². The molecule has 1 amide bonds. The summed E-state index contributed by atoms with van der Waals surface area (Å²) < 4.78 is 36.9. The normalized spacial score (nSPS) is 12.8. The van der Waals surface area contributed by atoms with E-state index in [1.165, 1.54) is 0 Å². The number of hydrogen-bond acceptors (Lipinski definition) is 5. The SMILES string of the molecule is C=[P+](C)COC(=O)C(CCOC(F)F)NC(=O)OC. The third kappa shape index (κ3) is 9.32. The number of alkyl carbamates (subject to hydrolysis) is 1. The van der Waals surface area contributed by atoms with Gasteiger partial charge in [-0.3, -0.25) is 0 Å². The topological polar surface area (TPSA) is 73.9 Å². The van der Waals surface area contributed by atoms with E-state index in [4.69, 9.17) is 4.74 Å². The van der Waals surface area contributed by atoms with Gasteiger partial charge in [-0.15, -0.1) is 0 Å². The van der Waals surface area contributed by atoms with E-state index < -0.39 is 38.9 Å². The van der Waals surface area contributed by atoms with Gasteiger partial charge < -0.3 is 19.5 Å². The minimum atomic E-state index is -2.93. The molecule has 2 atom stereocenters. The zero-order valence-corrected chi connectivity index (χ0v) is 11.6. The molecule has 0 aromatic heterocycles. The summed E-state index contributed by atoms with van der Waals surface area (Å²) in [5.41, 5.74) is 0. The lowest BCUT2D eigenvalue weighted by Gasteiger charge is -2.15. The number of nitrogens with one attached hydrogen (secondary N) is 1. The van der Waals surface area contributed by atoms with Crippen LogP contribution in [-0.4, -0.2) is 57.7 Å². The molecule has 0 saturated heterocycles. The Kier molecular flexibility index (Phi) is 8.99. The molecular weight excluding hydrogens is 283 g/mol. The highest BCUT2D eigenvalue weighted by atomic mass is 31.1. The number of amides is 1. The van der Waals surface area contributed by atoms with E-state index in [0.29, 0.717) is 0 Å². The summed E-state index contributed by atoms with van der Waals surface area (Å²) in [5, 5.41) is 2.19. The van der Waals surface area contributed by atoms with Crippen LogP contribution < -0.4 is 5.32 Å². The minimum Gasteiger partial charge on any atom is -0.453 e. The van der Waals surface area contributed by atoms with Crippen molar-refractivity contribution < 1.29 is 32.6 Å². The van der Waals surface area contributed by atoms with Crippen molar-refractivity contribution in [3.63, 3.8) is 0 Å². The molecule has 0 fully saturated rings. The van der Waals surface area contributed by atoms with E-state index in [1.54, 1.807) is 6.66 Å². The summed E-state index contributed by atoms with van der Waals surface area (Å²) in [4.78, 5) is 22.6. The van der Waals surface area contributed by atoms with Crippen molar-refractivity contribution in [2.45, 2.75) is 19.1 Å². The highest BCUT2D eigenvalue weighted by Crippen LogP contribution is 2.13. The Hall–Kier alpha value is -1.27. The number of carbonyl (C=O) groups is 2. The fourth-order valence-electron chi connectivity index (χ4n) is 1.000. The molecule has 9 heteroatoms. The number of methoxy groups -OCH3 is 1. The predicted octanol–water partition coefficient (Wildman–Crippen LogP) is 1.38. The maximum atomic E-state index is 11.8. The minimum absolute atomic E-state index is 0.128. The van der Waals surface area contributed by atoms with Crippen LogP contribution in [0.15, 0.2) is 0 Å². The van der Waals surface area contributed by atoms with Gasteiger partial charge in [0.2, 0.25) is 6.35 Å². The first-order chi connectivity index (χ1) is 8.86. The van der Waals surface area contributed by atoms with E-state index in [-0.39, 0.29) is 12.8 Å². The number of carbonyl (C=O) groups excluding carboxylic acids is 2. The highest BCUT2D eigenvalue weighted by Gasteiger charge is 2.24. The van der Waals surface area contributed by atoms with Gasteiger partial charge >= 0.3 is 18.7 Å². The Bertz CT molecular complexity index is 327. The van der Waals surface area contributed by atoms with E-state index in [2.05, 4.69) is 21.1 Å². The fraction of sp³-hybridized carbons (Fsp3) is 0.700. The van der Waals surface area contributed by atoms with E-state index in [0.717, 1.165) is 7.11 Å². The van der Waals surface area contributed by atoms with Crippen molar-refractivity contribution in [1.29, 1.82) is 0 Å². The first-order valence-corrected chi connectivity index (χ1v) is 7.45. The Balaban J connectivity index is 4.34. The summed E-state index contributed by atoms with van der Waals surface area (Å²) >= 11 is 0. The standard InChI is InChI=1S/C10H16F2NO5P/c1-16-10(15)13-7(4-5-17-9(11)12)8(14)18-6-19(2)3/h7,9H,2,4-6H2,1,3H3/p+1. The summed E-state index contributed by atoms with van der Waals surface area (Å²) in [6.07, 6.45) is 2.82. The lowest BCUT2D eigenvalue weighted by Crippen LogP contribution is -2.42. The second-order valence-electron chi connectivity index (χ2n) is 3.56. The molecule has 0 bridgehead atoms. The van der Waals surface area contributed by atoms with Crippen molar-refractivity contribution in [3.8, 4) is 0 Å². The molecule has 6 nitrogen and oxygen atoms in total. The summed E-state index contributed by atoms with van der Waals surface area (Å²) in [6.45, 7) is -1.53. The molecule has 1 N–H and O–H groups in total. The molecule has 0 saturated carbocycles. The van der Waals surface area contributed by atoms with Crippen molar-refractivity contribution in [2.24, 2.45) is 0 Å². The summed E-state index contributed by atoms with van der Waals surface area (Å²) in [5.74, 6) is -0.735. The predicted molar refractivity (Wildman–Crippen MR) is 66.8 cm³/mol. The van der Waals surface area contributed by atoms with Crippen LogP contribution in [0.25, 0.3) is 0 Å². The first kappa shape index (κ1) is 17.7. The number of rotatable bonds is 8. The number of hydrogen-bond donors (Lipinski definition) is 1. The summed E-state index contributed by atoms with van der Waals surface area (Å²) in [6, 6.07) is -1.10. The second kappa shape index (κ2) is 9.63. The van der Waals surface area contributed by atoms with Crippen LogP contribution in [0.5, 0.6) is 0 Å². The molecule has 0 aliphatic carbocycles. The van der Waals surface area contributed by atoms with Crippen LogP contribution in [0, 0.1) is 0 Å². The summed E-state index contributed by atoms with van der Waals surface area (Å²) in [7, 11) is 0.427. The van der Waals surface area contributed by atoms with E-state index >= 15 is 0 Å². The lowest BCUT2D eigenvalue weighted by molar-refractivity contribution is -0.148. The molecule has 2 unspecified atom stereocenters. The van der Waals surface area contributed by atoms with Crippen LogP contribution in [0.2, 0.25) is 0 Å². The monoisotopic (exact) mass is 300 g/mol. The lowest BCUT2D eigenvalue weighted by atomic mass is 10.2. The molecule has 0 heterocycles. The van der Waals surface area contributed by atoms with Crippen LogP contribution in [-0.2, 0) is 19.0 Å². The van der Waals surface area contributed by atoms with Crippen LogP contribution in [0.3, 0.4) is 0 Å². The van der Waals surface area contributed by atoms with Crippen LogP contribution in [0.4, 0.5) is 13.6 Å². The third-order valence-electron chi connectivity index (χ3n) is 1.84. The molecule has 0 aromatic rings. The van der Waals surface area contributed by atoms with Gasteiger partial charge in [-0.2, -0.15) is 8.78 Å². The molecular formula is C10H17F2NO5P+. The fourth-order valence-corrected chi connectivity index (χ4v) is 1.35. The van der Waals surface area contributed by atoms with Gasteiger partial charge in [-0.05, 0) is 0 Å². The Morgan fingerprint density at radius 1 is 1.42 bits per heavy atom. The molecule has 0 aromatic carbocycles. The second-order valence-corrected chi connectivity index (χ2v) is 5.53. The van der Waals surface area contributed by atoms with Crippen LogP contribution in [0.1, 0.15) is 6.42 Å². The third-order valence-corrected chi connectivity index (χ3v) is 2.41. The quantitative estimate of drug-likeness (QED) is 0.541. The number of ether oxygens (including phenoxy) is 3. The van der Waals surface area contributed by atoms with Crippen molar-refractivity contribution in [2.75, 3.05) is 26.7 Å². The highest BCUT2D eigenvalue weighted by molar-refractivity contribution is 7.54. The maximum absolute atomic E-state index is 11.8. The Labute approximate surface area is 110 Å². The van der Waals surface area contributed by atoms with E-state index in [9.17, 15) is 18.4 Å². The largest absolute Gasteiger partial charge is 0.453 e. The molecule has 0 rings (SSSR count). The van der Waals surface area contributed by atoms with Crippen molar-refractivity contribution in [3.05, 3.63) is 0 Å². The average molecular weight is 300 g/mol. The molecule has 0 spiro atoms. The van der Waals surface area contributed by atoms with Gasteiger partial charge in [-0.1, -0.05) is 0 Å². The van der Waals surface area contributed by atoms with Gasteiger partial charge in [0.05, 0.1) is 26.7 Å². The molecule has 0 aliphatic heterocycles. The smallest absolute Gasteiger partial charge is 0.407 e. The van der Waals surface area contributed by atoms with E-state index in [1.807, 2.05) is 0 Å². The zero-order valence-electron chi connectivity index (χ0n) is 10.7. The van der Waals surface area contributed by atoms with Gasteiger partial charge in [0.1, 0.15) is 13.6 Å². The Morgan fingerprint density at radius 3 is 2.53 bits per heavy atom. The molecule has 110 valence electrons. The Morgan fingerprint density at radius 2 is 2.05 bits per heavy atom. The van der Waals surface area contributed by atoms with Gasteiger partial charge in [0, 0.05) is 6.42 Å². The number of halogens is 2. The van der Waals surface area contributed by atoms with Crippen LogP contribution >= 0.6 is 7.55 Å². The zero-order chi connectivity index (χ0) is 14.8. The van der Waals surface area contributed by atoms with Gasteiger partial charge in [0.25, 0.3) is 0 Å². The maximum Gasteiger partial charge on any atom is 0.407 e. The molecule has 0 aliphatic rings. The van der Waals surface area contributed by atoms with Gasteiger partial charge in [-0.25, -0.2) is 9.59 Å². The number of esters is 1. The molecule has 0 radical (unpaired) electrons. The van der Waals surface area contributed by atoms with Crippen molar-refractivity contribution in [1.82, 2.24) is 5.32 Å².